The second kappa shape index (κ2) is 10.4. The lowest BCUT2D eigenvalue weighted by molar-refractivity contribution is 0.0991. The molecule has 3 N–H and O–H groups in total. The molecule has 3 heterocycles. The number of thioether (sulfide) groups is 1. The number of hydrogen-bond acceptors (Lipinski definition) is 5. The van der Waals surface area contributed by atoms with Gasteiger partial charge in [-0.3, -0.25) is 4.79 Å². The van der Waals surface area contributed by atoms with Gasteiger partial charge in [0.05, 0.1) is 10.6 Å². The summed E-state index contributed by atoms with van der Waals surface area (Å²) in [5, 5.41) is 11.8. The van der Waals surface area contributed by atoms with Crippen molar-refractivity contribution in [1.29, 1.82) is 0 Å². The molecular weight excluding hydrogens is 363 g/mol. The molecule has 0 saturated carbocycles. The van der Waals surface area contributed by atoms with Gasteiger partial charge in [-0.1, -0.05) is 17.7 Å². The topological polar surface area (TPSA) is 80.9 Å². The van der Waals surface area contributed by atoms with Gasteiger partial charge in [-0.05, 0) is 57.3 Å². The SMILES string of the molecule is C/C=C(\C)C1=Cc2c(CC3CCNC3)nnc(C(N)=O)c2SC1.C=CCF. The monoisotopic (exact) mass is 390 g/mol. The van der Waals surface area contributed by atoms with Crippen molar-refractivity contribution in [3.05, 3.63) is 46.8 Å². The third-order valence-corrected chi connectivity index (χ3v) is 5.82. The first-order chi connectivity index (χ1) is 13.0. The highest BCUT2D eigenvalue weighted by Gasteiger charge is 2.25. The van der Waals surface area contributed by atoms with Gasteiger partial charge >= 0.3 is 0 Å². The molecule has 7 heteroatoms. The summed E-state index contributed by atoms with van der Waals surface area (Å²) in [7, 11) is 0. The molecule has 3 rings (SSSR count). The summed E-state index contributed by atoms with van der Waals surface area (Å²) >= 11 is 1.64. The number of nitrogens with one attached hydrogen (secondary N) is 1. The number of allylic oxidation sites excluding steroid dienone is 3. The zero-order valence-electron chi connectivity index (χ0n) is 15.9. The Bertz CT molecular complexity index is 755. The number of fused-ring (bicyclic) bond motifs is 1. The molecule has 0 aromatic carbocycles. The van der Waals surface area contributed by atoms with Gasteiger partial charge in [0, 0.05) is 11.3 Å². The molecule has 1 saturated heterocycles. The fourth-order valence-electron chi connectivity index (χ4n) is 3.02. The molecule has 1 fully saturated rings. The number of carbonyl (C=O) groups is 1. The highest BCUT2D eigenvalue weighted by Crippen LogP contribution is 2.37. The van der Waals surface area contributed by atoms with Crippen LogP contribution >= 0.6 is 11.8 Å². The summed E-state index contributed by atoms with van der Waals surface area (Å²) in [5.41, 5.74) is 10.3. The minimum absolute atomic E-state index is 0.298. The van der Waals surface area contributed by atoms with Crippen LogP contribution in [-0.4, -0.2) is 41.6 Å². The van der Waals surface area contributed by atoms with Crippen molar-refractivity contribution in [2.75, 3.05) is 25.5 Å². The number of nitrogens with zero attached hydrogens (tertiary/aromatic N) is 2. The Balaban J connectivity index is 0.000000596. The van der Waals surface area contributed by atoms with Crippen LogP contribution in [0.15, 0.2) is 34.8 Å². The molecule has 0 spiro atoms. The molecule has 1 unspecified atom stereocenters. The van der Waals surface area contributed by atoms with Gasteiger partial charge in [-0.2, -0.15) is 5.10 Å². The van der Waals surface area contributed by atoms with Crippen LogP contribution in [0, 0.1) is 5.92 Å². The van der Waals surface area contributed by atoms with Gasteiger partial charge in [0.1, 0.15) is 6.67 Å². The molecule has 1 amide bonds. The first kappa shape index (κ1) is 21.3. The van der Waals surface area contributed by atoms with E-state index >= 15 is 0 Å². The molecule has 2 aliphatic heterocycles. The predicted molar refractivity (Wildman–Crippen MR) is 110 cm³/mol. The highest BCUT2D eigenvalue weighted by molar-refractivity contribution is 7.99. The van der Waals surface area contributed by atoms with E-state index in [0.717, 1.165) is 47.8 Å². The summed E-state index contributed by atoms with van der Waals surface area (Å²) in [6, 6.07) is 0. The maximum atomic E-state index is 11.7. The second-order valence-electron chi connectivity index (χ2n) is 6.54. The lowest BCUT2D eigenvalue weighted by atomic mass is 9.97. The average Bonchev–Trinajstić information content (AvgIpc) is 3.20. The van der Waals surface area contributed by atoms with Crippen LogP contribution in [0.5, 0.6) is 0 Å². The number of nitrogens with two attached hydrogens (primary N) is 1. The predicted octanol–water partition coefficient (Wildman–Crippen LogP) is 3.32. The van der Waals surface area contributed by atoms with Crippen molar-refractivity contribution in [3.8, 4) is 0 Å². The number of hydrogen-bond donors (Lipinski definition) is 2. The Kier molecular flexibility index (Phi) is 8.19. The van der Waals surface area contributed by atoms with Gasteiger partial charge in [0.25, 0.3) is 5.91 Å². The molecule has 1 atom stereocenters. The first-order valence-electron chi connectivity index (χ1n) is 9.05. The minimum Gasteiger partial charge on any atom is -0.364 e. The van der Waals surface area contributed by atoms with E-state index in [0.29, 0.717) is 11.6 Å². The summed E-state index contributed by atoms with van der Waals surface area (Å²) in [6.45, 7) is 8.93. The van der Waals surface area contributed by atoms with E-state index in [2.05, 4.69) is 41.2 Å². The fourth-order valence-corrected chi connectivity index (χ4v) is 4.24. The maximum Gasteiger partial charge on any atom is 0.270 e. The van der Waals surface area contributed by atoms with Crippen molar-refractivity contribution >= 4 is 23.7 Å². The molecule has 27 heavy (non-hydrogen) atoms. The summed E-state index contributed by atoms with van der Waals surface area (Å²) < 4.78 is 10.6. The van der Waals surface area contributed by atoms with Crippen molar-refractivity contribution in [2.45, 2.75) is 31.6 Å². The van der Waals surface area contributed by atoms with E-state index in [1.165, 1.54) is 17.2 Å². The third kappa shape index (κ3) is 5.49. The molecule has 146 valence electrons. The Hall–Kier alpha value is -1.99. The van der Waals surface area contributed by atoms with Crippen LogP contribution in [0.2, 0.25) is 0 Å². The van der Waals surface area contributed by atoms with Gasteiger partial charge in [0.15, 0.2) is 5.69 Å². The Morgan fingerprint density at radius 2 is 2.26 bits per heavy atom. The summed E-state index contributed by atoms with van der Waals surface area (Å²) in [6.07, 6.45) is 7.54. The largest absolute Gasteiger partial charge is 0.364 e. The highest BCUT2D eigenvalue weighted by atomic mass is 32.2. The van der Waals surface area contributed by atoms with E-state index in [-0.39, 0.29) is 0 Å². The number of primary amides is 1. The van der Waals surface area contributed by atoms with Crippen LogP contribution < -0.4 is 11.1 Å². The molecule has 5 nitrogen and oxygen atoms in total. The third-order valence-electron chi connectivity index (χ3n) is 4.66. The Morgan fingerprint density at radius 1 is 1.52 bits per heavy atom. The second-order valence-corrected chi connectivity index (χ2v) is 7.52. The number of carbonyl (C=O) groups excluding carboxylic acids is 1. The minimum atomic E-state index is -0.505. The smallest absolute Gasteiger partial charge is 0.270 e. The molecule has 1 aromatic heterocycles. The van der Waals surface area contributed by atoms with E-state index < -0.39 is 12.6 Å². The van der Waals surface area contributed by atoms with Crippen LogP contribution in [-0.2, 0) is 6.42 Å². The van der Waals surface area contributed by atoms with E-state index in [1.54, 1.807) is 11.8 Å². The average molecular weight is 391 g/mol. The number of amides is 1. The van der Waals surface area contributed by atoms with E-state index in [4.69, 9.17) is 5.73 Å². The first-order valence-corrected chi connectivity index (χ1v) is 10.0. The lowest BCUT2D eigenvalue weighted by Gasteiger charge is -2.21. The Morgan fingerprint density at radius 3 is 2.81 bits per heavy atom. The standard InChI is InChI=1S/C17H22N4OS.C3H5F/c1-3-10(2)12-7-13-14(6-11-4-5-19-8-11)20-21-15(17(18)22)16(13)23-9-12;1-2-3-4/h3,7,11,19H,4-6,8-9H2,1-2H3,(H2,18,22);2H,1,3H2/b10-3+;. The molecule has 1 aromatic rings. The molecule has 0 bridgehead atoms. The quantitative estimate of drug-likeness (QED) is 0.754. The number of alkyl halides is 1. The van der Waals surface area contributed by atoms with Gasteiger partial charge in [-0.15, -0.1) is 23.4 Å². The van der Waals surface area contributed by atoms with Gasteiger partial charge in [0.2, 0.25) is 0 Å². The van der Waals surface area contributed by atoms with Crippen LogP contribution in [0.4, 0.5) is 4.39 Å². The van der Waals surface area contributed by atoms with E-state index in [1.807, 2.05) is 6.92 Å². The van der Waals surface area contributed by atoms with Crippen LogP contribution in [0.25, 0.3) is 6.08 Å². The molecule has 2 aliphatic rings. The van der Waals surface area contributed by atoms with Crippen LogP contribution in [0.3, 0.4) is 0 Å². The van der Waals surface area contributed by atoms with Crippen molar-refractivity contribution in [2.24, 2.45) is 11.7 Å². The van der Waals surface area contributed by atoms with Crippen molar-refractivity contribution < 1.29 is 9.18 Å². The number of aromatic nitrogens is 2. The van der Waals surface area contributed by atoms with Crippen molar-refractivity contribution in [1.82, 2.24) is 15.5 Å². The molecule has 0 aliphatic carbocycles. The van der Waals surface area contributed by atoms with Gasteiger partial charge in [-0.25, -0.2) is 4.39 Å². The zero-order valence-corrected chi connectivity index (χ0v) is 16.7. The fraction of sp³-hybridized carbons (Fsp3) is 0.450. The normalized spacial score (nSPS) is 18.9. The molecule has 0 radical (unpaired) electrons. The zero-order chi connectivity index (χ0) is 19.8. The number of halogens is 1. The van der Waals surface area contributed by atoms with Crippen molar-refractivity contribution in [3.63, 3.8) is 0 Å². The lowest BCUT2D eigenvalue weighted by Crippen LogP contribution is -2.20. The van der Waals surface area contributed by atoms with Crippen LogP contribution in [0.1, 0.15) is 42.0 Å². The van der Waals surface area contributed by atoms with E-state index in [9.17, 15) is 9.18 Å². The summed E-state index contributed by atoms with van der Waals surface area (Å²) in [4.78, 5) is 12.6. The molecular formula is C20H27FN4OS. The Labute approximate surface area is 164 Å². The number of rotatable bonds is 5. The summed E-state index contributed by atoms with van der Waals surface area (Å²) in [5.74, 6) is 0.911. The maximum absolute atomic E-state index is 11.7. The van der Waals surface area contributed by atoms with Gasteiger partial charge < -0.3 is 11.1 Å².